The van der Waals surface area contributed by atoms with Gasteiger partial charge in [-0.2, -0.15) is 0 Å². The van der Waals surface area contributed by atoms with E-state index >= 15 is 0 Å². The van der Waals surface area contributed by atoms with Crippen LogP contribution in [0.1, 0.15) is 46.2 Å². The van der Waals surface area contributed by atoms with Crippen molar-refractivity contribution < 1.29 is 19.4 Å². The number of carboxylic acids is 1. The highest BCUT2D eigenvalue weighted by Gasteiger charge is 2.36. The monoisotopic (exact) mass is 381 g/mol. The quantitative estimate of drug-likeness (QED) is 0.815. The smallest absolute Gasteiger partial charge is 0.305 e. The van der Waals surface area contributed by atoms with E-state index in [1.54, 1.807) is 0 Å². The molecule has 0 spiro atoms. The molecule has 0 aliphatic carbocycles. The molecule has 2 aliphatic rings. The second kappa shape index (κ2) is 8.47. The number of ether oxygens (including phenoxy) is 1. The number of nitrogens with one attached hydrogen (secondary N) is 1. The number of hydrogen-bond acceptors (Lipinski definition) is 5. The van der Waals surface area contributed by atoms with Gasteiger partial charge in [0.2, 0.25) is 0 Å². The van der Waals surface area contributed by atoms with Crippen LogP contribution < -0.4 is 5.32 Å². The van der Waals surface area contributed by atoms with Gasteiger partial charge in [0.15, 0.2) is 0 Å². The van der Waals surface area contributed by atoms with Crippen LogP contribution in [-0.2, 0) is 9.53 Å². The fraction of sp³-hybridized carbons (Fsp3) is 0.556. The van der Waals surface area contributed by atoms with E-state index in [1.165, 1.54) is 23.5 Å². The van der Waals surface area contributed by atoms with Gasteiger partial charge in [0.25, 0.3) is 5.91 Å². The zero-order valence-electron chi connectivity index (χ0n) is 14.0. The molecule has 2 aliphatic heterocycles. The fourth-order valence-corrected chi connectivity index (χ4v) is 6.08. The molecule has 0 radical (unpaired) electrons. The van der Waals surface area contributed by atoms with Crippen LogP contribution >= 0.6 is 23.5 Å². The molecule has 2 saturated heterocycles. The predicted octanol–water partition coefficient (Wildman–Crippen LogP) is 3.31. The van der Waals surface area contributed by atoms with Crippen LogP contribution in [0.4, 0.5) is 0 Å². The number of benzene rings is 1. The van der Waals surface area contributed by atoms with Crippen molar-refractivity contribution in [3.05, 3.63) is 35.4 Å². The van der Waals surface area contributed by atoms with Crippen molar-refractivity contribution in [1.82, 2.24) is 5.32 Å². The Hall–Kier alpha value is -1.18. The Balaban J connectivity index is 1.67. The van der Waals surface area contributed by atoms with Gasteiger partial charge >= 0.3 is 5.97 Å². The summed E-state index contributed by atoms with van der Waals surface area (Å²) in [5, 5.41) is 12.2. The molecule has 2 N–H and O–H groups in total. The van der Waals surface area contributed by atoms with Gasteiger partial charge in [-0.15, -0.1) is 23.5 Å². The van der Waals surface area contributed by atoms with Gasteiger partial charge in [0.1, 0.15) is 0 Å². The van der Waals surface area contributed by atoms with Gasteiger partial charge < -0.3 is 15.2 Å². The Morgan fingerprint density at radius 1 is 1.16 bits per heavy atom. The first-order valence-electron chi connectivity index (χ1n) is 8.53. The molecule has 0 unspecified atom stereocenters. The Bertz CT molecular complexity index is 608. The minimum Gasteiger partial charge on any atom is -0.481 e. The summed E-state index contributed by atoms with van der Waals surface area (Å²) in [6.07, 6.45) is 2.23. The SMILES string of the molecule is O=C(O)CC1(NC(=O)c2ccc(C3SCCCS3)cc2)CCOCC1. The molecule has 136 valence electrons. The molecule has 0 bridgehead atoms. The van der Waals surface area contributed by atoms with Gasteiger partial charge in [0, 0.05) is 18.8 Å². The van der Waals surface area contributed by atoms with Crippen LogP contribution in [0.3, 0.4) is 0 Å². The number of hydrogen-bond donors (Lipinski definition) is 2. The highest BCUT2D eigenvalue weighted by atomic mass is 32.2. The largest absolute Gasteiger partial charge is 0.481 e. The maximum Gasteiger partial charge on any atom is 0.305 e. The molecule has 25 heavy (non-hydrogen) atoms. The Kier molecular flexibility index (Phi) is 6.30. The van der Waals surface area contributed by atoms with E-state index in [9.17, 15) is 14.7 Å². The summed E-state index contributed by atoms with van der Waals surface area (Å²) in [5.41, 5.74) is 1.10. The number of rotatable bonds is 5. The average Bonchev–Trinajstić information content (AvgIpc) is 2.62. The normalized spacial score (nSPS) is 20.8. The first kappa shape index (κ1) is 18.6. The van der Waals surface area contributed by atoms with Crippen LogP contribution in [0.25, 0.3) is 0 Å². The van der Waals surface area contributed by atoms with E-state index in [2.05, 4.69) is 5.32 Å². The van der Waals surface area contributed by atoms with E-state index in [-0.39, 0.29) is 12.3 Å². The molecular weight excluding hydrogens is 358 g/mol. The Morgan fingerprint density at radius 3 is 2.40 bits per heavy atom. The molecule has 1 aromatic carbocycles. The zero-order valence-corrected chi connectivity index (χ0v) is 15.7. The Labute approximate surface area is 156 Å². The minimum absolute atomic E-state index is 0.0739. The third kappa shape index (κ3) is 4.92. The van der Waals surface area contributed by atoms with Crippen LogP contribution in [-0.4, -0.2) is 47.2 Å². The van der Waals surface area contributed by atoms with Crippen LogP contribution in [0.2, 0.25) is 0 Å². The second-order valence-electron chi connectivity index (χ2n) is 6.47. The highest BCUT2D eigenvalue weighted by molar-refractivity contribution is 8.16. The van der Waals surface area contributed by atoms with E-state index in [4.69, 9.17) is 4.74 Å². The molecule has 1 aromatic rings. The lowest BCUT2D eigenvalue weighted by molar-refractivity contribution is -0.139. The summed E-state index contributed by atoms with van der Waals surface area (Å²) >= 11 is 3.90. The van der Waals surface area contributed by atoms with Gasteiger partial charge in [-0.1, -0.05) is 12.1 Å². The molecule has 0 saturated carbocycles. The van der Waals surface area contributed by atoms with E-state index in [0.717, 1.165) is 0 Å². The summed E-state index contributed by atoms with van der Waals surface area (Å²) < 4.78 is 5.77. The maximum atomic E-state index is 12.6. The van der Waals surface area contributed by atoms with Gasteiger partial charge in [0.05, 0.1) is 16.5 Å². The van der Waals surface area contributed by atoms with Crippen molar-refractivity contribution in [3.63, 3.8) is 0 Å². The summed E-state index contributed by atoms with van der Waals surface area (Å²) in [5.74, 6) is 1.25. The molecule has 5 nitrogen and oxygen atoms in total. The van der Waals surface area contributed by atoms with Crippen molar-refractivity contribution in [1.29, 1.82) is 0 Å². The number of carbonyl (C=O) groups is 2. The van der Waals surface area contributed by atoms with Gasteiger partial charge in [-0.05, 0) is 48.5 Å². The number of thioether (sulfide) groups is 2. The number of aliphatic carboxylic acids is 1. The van der Waals surface area contributed by atoms with Crippen LogP contribution in [0.15, 0.2) is 24.3 Å². The highest BCUT2D eigenvalue weighted by Crippen LogP contribution is 2.43. The number of amides is 1. The first-order valence-corrected chi connectivity index (χ1v) is 10.6. The summed E-state index contributed by atoms with van der Waals surface area (Å²) in [4.78, 5) is 23.8. The van der Waals surface area contributed by atoms with Crippen molar-refractivity contribution in [2.24, 2.45) is 0 Å². The summed E-state index contributed by atoms with van der Waals surface area (Å²) in [6, 6.07) is 7.71. The van der Waals surface area contributed by atoms with E-state index in [1.807, 2.05) is 47.8 Å². The lowest BCUT2D eigenvalue weighted by Crippen LogP contribution is -2.53. The van der Waals surface area contributed by atoms with Crippen molar-refractivity contribution >= 4 is 35.4 Å². The average molecular weight is 382 g/mol. The van der Waals surface area contributed by atoms with Crippen LogP contribution in [0.5, 0.6) is 0 Å². The zero-order chi connectivity index (χ0) is 17.7. The topological polar surface area (TPSA) is 75.6 Å². The lowest BCUT2D eigenvalue weighted by atomic mass is 9.86. The predicted molar refractivity (Wildman–Crippen MR) is 101 cm³/mol. The number of carboxylic acid groups (broad SMARTS) is 1. The fourth-order valence-electron chi connectivity index (χ4n) is 3.18. The third-order valence-corrected chi connectivity index (χ3v) is 7.61. The van der Waals surface area contributed by atoms with Crippen molar-refractivity contribution in [2.45, 2.75) is 35.8 Å². The summed E-state index contributed by atoms with van der Waals surface area (Å²) in [7, 11) is 0. The molecule has 7 heteroatoms. The van der Waals surface area contributed by atoms with Gasteiger partial charge in [-0.3, -0.25) is 9.59 Å². The van der Waals surface area contributed by atoms with Gasteiger partial charge in [-0.25, -0.2) is 0 Å². The van der Waals surface area contributed by atoms with Crippen molar-refractivity contribution in [3.8, 4) is 0 Å². The minimum atomic E-state index is -0.899. The molecule has 2 heterocycles. The molecule has 3 rings (SSSR count). The summed E-state index contributed by atoms with van der Waals surface area (Å²) in [6.45, 7) is 0.950. The molecule has 0 atom stereocenters. The number of carbonyl (C=O) groups excluding carboxylic acids is 1. The van der Waals surface area contributed by atoms with Crippen LogP contribution in [0, 0.1) is 0 Å². The standard InChI is InChI=1S/C18H23NO4S2/c20-15(21)12-18(6-8-23-9-7-18)19-16(22)13-2-4-14(5-3-13)17-24-10-1-11-25-17/h2-5,17H,1,6-12H2,(H,19,22)(H,20,21). The van der Waals surface area contributed by atoms with E-state index in [0.29, 0.717) is 36.2 Å². The van der Waals surface area contributed by atoms with E-state index < -0.39 is 11.5 Å². The maximum absolute atomic E-state index is 12.6. The molecular formula is C18H23NO4S2. The molecule has 2 fully saturated rings. The lowest BCUT2D eigenvalue weighted by Gasteiger charge is -2.36. The Morgan fingerprint density at radius 2 is 1.80 bits per heavy atom. The first-order chi connectivity index (χ1) is 12.1. The molecule has 0 aromatic heterocycles. The third-order valence-electron chi connectivity index (χ3n) is 4.59. The second-order valence-corrected chi connectivity index (χ2v) is 9.19. The molecule has 1 amide bonds. The van der Waals surface area contributed by atoms with Crippen molar-refractivity contribution in [2.75, 3.05) is 24.7 Å².